The fraction of sp³-hybridized carbons (Fsp3) is 0.250. The molecule has 1 atom stereocenters. The van der Waals surface area contributed by atoms with Crippen molar-refractivity contribution in [2.45, 2.75) is 13.0 Å². The van der Waals surface area contributed by atoms with E-state index < -0.39 is 6.04 Å². The molecule has 1 fully saturated rings. The minimum Gasteiger partial charge on any atom is -0.459 e. The van der Waals surface area contributed by atoms with Crippen LogP contribution < -0.4 is 5.32 Å². The summed E-state index contributed by atoms with van der Waals surface area (Å²) in [5.74, 6) is 0.163. The van der Waals surface area contributed by atoms with Gasteiger partial charge in [0.25, 0.3) is 5.91 Å². The van der Waals surface area contributed by atoms with Crippen molar-refractivity contribution in [3.8, 4) is 0 Å². The number of carbonyl (C=O) groups is 2. The molecule has 6 heteroatoms. The first-order chi connectivity index (χ1) is 14.6. The molecule has 2 heterocycles. The Labute approximate surface area is 176 Å². The maximum absolute atomic E-state index is 13.3. The van der Waals surface area contributed by atoms with Crippen LogP contribution in [0.5, 0.6) is 0 Å². The van der Waals surface area contributed by atoms with Crippen LogP contribution in [-0.2, 0) is 4.79 Å². The van der Waals surface area contributed by atoms with Crippen molar-refractivity contribution in [1.29, 1.82) is 0 Å². The van der Waals surface area contributed by atoms with Crippen LogP contribution in [-0.4, -0.2) is 47.8 Å². The van der Waals surface area contributed by atoms with Gasteiger partial charge in [-0.3, -0.25) is 14.5 Å². The molecule has 1 N–H and O–H groups in total. The third-order valence-electron chi connectivity index (χ3n) is 5.38. The molecule has 0 unspecified atom stereocenters. The summed E-state index contributed by atoms with van der Waals surface area (Å²) in [7, 11) is 0. The number of nitrogens with zero attached hydrogens (tertiary/aromatic N) is 2. The molecule has 0 radical (unpaired) electrons. The normalized spacial score (nSPS) is 15.6. The highest BCUT2D eigenvalue weighted by molar-refractivity contribution is 5.95. The number of furan rings is 1. The van der Waals surface area contributed by atoms with Crippen LogP contribution >= 0.6 is 0 Å². The number of aryl methyl sites for hydroxylation is 1. The molecule has 0 bridgehead atoms. The summed E-state index contributed by atoms with van der Waals surface area (Å²) in [5, 5.41) is 3.05. The van der Waals surface area contributed by atoms with Crippen molar-refractivity contribution in [3.05, 3.63) is 89.9 Å². The van der Waals surface area contributed by atoms with Crippen molar-refractivity contribution in [2.75, 3.05) is 31.5 Å². The highest BCUT2D eigenvalue weighted by Gasteiger charge is 2.32. The zero-order valence-corrected chi connectivity index (χ0v) is 17.0. The van der Waals surface area contributed by atoms with Gasteiger partial charge in [-0.15, -0.1) is 0 Å². The van der Waals surface area contributed by atoms with Crippen LogP contribution in [0.25, 0.3) is 0 Å². The molecule has 2 aromatic carbocycles. The first kappa shape index (κ1) is 19.9. The van der Waals surface area contributed by atoms with E-state index in [1.54, 1.807) is 17.0 Å². The minimum atomic E-state index is -0.423. The molecule has 3 aromatic rings. The summed E-state index contributed by atoms with van der Waals surface area (Å²) < 4.78 is 5.24. The van der Waals surface area contributed by atoms with Gasteiger partial charge in [-0.1, -0.05) is 48.0 Å². The molecular weight excluding hydrogens is 378 g/mol. The van der Waals surface area contributed by atoms with Gasteiger partial charge in [-0.25, -0.2) is 0 Å². The largest absolute Gasteiger partial charge is 0.459 e. The number of anilines is 1. The molecule has 0 aliphatic carbocycles. The van der Waals surface area contributed by atoms with Crippen LogP contribution in [0.4, 0.5) is 5.69 Å². The summed E-state index contributed by atoms with van der Waals surface area (Å²) in [5.41, 5.74) is 2.86. The van der Waals surface area contributed by atoms with Crippen molar-refractivity contribution >= 4 is 17.5 Å². The molecule has 154 valence electrons. The average molecular weight is 403 g/mol. The minimum absolute atomic E-state index is 0.0733. The summed E-state index contributed by atoms with van der Waals surface area (Å²) in [4.78, 5) is 29.7. The summed E-state index contributed by atoms with van der Waals surface area (Å²) in [6.07, 6.45) is 1.50. The Morgan fingerprint density at radius 3 is 2.23 bits per heavy atom. The van der Waals surface area contributed by atoms with E-state index in [-0.39, 0.29) is 11.8 Å². The molecular formula is C24H25N3O3. The van der Waals surface area contributed by atoms with E-state index in [4.69, 9.17) is 4.42 Å². The van der Waals surface area contributed by atoms with Gasteiger partial charge in [0.15, 0.2) is 5.76 Å². The van der Waals surface area contributed by atoms with Gasteiger partial charge < -0.3 is 14.6 Å². The Bertz CT molecular complexity index is 976. The third-order valence-corrected chi connectivity index (χ3v) is 5.38. The molecule has 30 heavy (non-hydrogen) atoms. The Kier molecular flexibility index (Phi) is 5.95. The number of carbonyl (C=O) groups excluding carboxylic acids is 2. The van der Waals surface area contributed by atoms with Crippen molar-refractivity contribution in [1.82, 2.24) is 9.80 Å². The summed E-state index contributed by atoms with van der Waals surface area (Å²) in [6, 6.07) is 20.5. The molecule has 0 saturated carbocycles. The number of amides is 2. The highest BCUT2D eigenvalue weighted by atomic mass is 16.3. The lowest BCUT2D eigenvalue weighted by Crippen LogP contribution is -2.51. The predicted molar refractivity (Wildman–Crippen MR) is 115 cm³/mol. The lowest BCUT2D eigenvalue weighted by Gasteiger charge is -2.38. The van der Waals surface area contributed by atoms with E-state index in [1.165, 1.54) is 6.26 Å². The maximum Gasteiger partial charge on any atom is 0.289 e. The number of hydrogen-bond acceptors (Lipinski definition) is 4. The molecule has 0 spiro atoms. The van der Waals surface area contributed by atoms with Crippen LogP contribution in [0.1, 0.15) is 27.7 Å². The lowest BCUT2D eigenvalue weighted by molar-refractivity contribution is -0.122. The van der Waals surface area contributed by atoms with Crippen molar-refractivity contribution < 1.29 is 14.0 Å². The van der Waals surface area contributed by atoms with Gasteiger partial charge in [-0.2, -0.15) is 0 Å². The van der Waals surface area contributed by atoms with Gasteiger partial charge in [0, 0.05) is 31.9 Å². The standard InChI is InChI=1S/C24H25N3O3/c1-18-9-11-20(12-10-18)25-23(28)22(19-6-3-2-4-7-19)26-13-15-27(16-14-26)24(29)21-8-5-17-30-21/h2-12,17,22H,13-16H2,1H3,(H,25,28)/t22-/m0/s1. The number of rotatable bonds is 5. The van der Waals surface area contributed by atoms with E-state index in [0.717, 1.165) is 16.8 Å². The SMILES string of the molecule is Cc1ccc(NC(=O)[C@H](c2ccccc2)N2CCN(C(=O)c3ccco3)CC2)cc1. The number of benzene rings is 2. The zero-order chi connectivity index (χ0) is 20.9. The van der Waals surface area contributed by atoms with Gasteiger partial charge in [-0.05, 0) is 36.8 Å². The van der Waals surface area contributed by atoms with Crippen LogP contribution in [0.3, 0.4) is 0 Å². The average Bonchev–Trinajstić information content (AvgIpc) is 3.31. The maximum atomic E-state index is 13.3. The van der Waals surface area contributed by atoms with Crippen LogP contribution in [0.15, 0.2) is 77.4 Å². The van der Waals surface area contributed by atoms with E-state index in [0.29, 0.717) is 31.9 Å². The van der Waals surface area contributed by atoms with Crippen LogP contribution in [0, 0.1) is 6.92 Å². The second kappa shape index (κ2) is 8.97. The van der Waals surface area contributed by atoms with E-state index in [9.17, 15) is 9.59 Å². The number of hydrogen-bond donors (Lipinski definition) is 1. The van der Waals surface area contributed by atoms with Gasteiger partial charge in [0.2, 0.25) is 5.91 Å². The predicted octanol–water partition coefficient (Wildman–Crippen LogP) is 3.73. The molecule has 1 aromatic heterocycles. The van der Waals surface area contributed by atoms with E-state index >= 15 is 0 Å². The fourth-order valence-electron chi connectivity index (χ4n) is 3.75. The Morgan fingerprint density at radius 1 is 0.900 bits per heavy atom. The Hall–Kier alpha value is -3.38. The van der Waals surface area contributed by atoms with E-state index in [1.807, 2.05) is 61.5 Å². The Morgan fingerprint density at radius 2 is 1.60 bits per heavy atom. The molecule has 1 aliphatic rings. The number of nitrogens with one attached hydrogen (secondary N) is 1. The molecule has 4 rings (SSSR count). The van der Waals surface area contributed by atoms with Crippen molar-refractivity contribution in [3.63, 3.8) is 0 Å². The van der Waals surface area contributed by atoms with Gasteiger partial charge in [0.1, 0.15) is 6.04 Å². The van der Waals surface area contributed by atoms with Gasteiger partial charge >= 0.3 is 0 Å². The lowest BCUT2D eigenvalue weighted by atomic mass is 10.0. The quantitative estimate of drug-likeness (QED) is 0.705. The molecule has 1 aliphatic heterocycles. The molecule has 6 nitrogen and oxygen atoms in total. The third kappa shape index (κ3) is 4.44. The van der Waals surface area contributed by atoms with Gasteiger partial charge in [0.05, 0.1) is 6.26 Å². The first-order valence-electron chi connectivity index (χ1n) is 10.1. The smallest absolute Gasteiger partial charge is 0.289 e. The van der Waals surface area contributed by atoms with Crippen molar-refractivity contribution in [2.24, 2.45) is 0 Å². The Balaban J connectivity index is 1.49. The second-order valence-corrected chi connectivity index (χ2v) is 7.47. The number of piperazine rings is 1. The topological polar surface area (TPSA) is 65.8 Å². The van der Waals surface area contributed by atoms with Crippen LogP contribution in [0.2, 0.25) is 0 Å². The first-order valence-corrected chi connectivity index (χ1v) is 10.1. The fourth-order valence-corrected chi connectivity index (χ4v) is 3.75. The highest BCUT2D eigenvalue weighted by Crippen LogP contribution is 2.25. The zero-order valence-electron chi connectivity index (χ0n) is 17.0. The second-order valence-electron chi connectivity index (χ2n) is 7.47. The van der Waals surface area contributed by atoms with E-state index in [2.05, 4.69) is 10.2 Å². The summed E-state index contributed by atoms with van der Waals surface area (Å²) in [6.45, 7) is 4.31. The monoisotopic (exact) mass is 403 g/mol. The molecule has 2 amide bonds. The summed E-state index contributed by atoms with van der Waals surface area (Å²) >= 11 is 0. The molecule has 1 saturated heterocycles.